The molecular formula is C15H14BFN2. The van der Waals surface area contributed by atoms with Crippen LogP contribution < -0.4 is 5.59 Å². The Hall–Kier alpha value is -1.76. The molecule has 0 bridgehead atoms. The Morgan fingerprint density at radius 3 is 2.68 bits per heavy atom. The van der Waals surface area contributed by atoms with E-state index in [1.807, 2.05) is 4.57 Å². The molecular weight excluding hydrogens is 238 g/mol. The van der Waals surface area contributed by atoms with E-state index < -0.39 is 0 Å². The van der Waals surface area contributed by atoms with E-state index in [1.165, 1.54) is 18.9 Å². The van der Waals surface area contributed by atoms with Crippen LogP contribution in [0.2, 0.25) is 0 Å². The number of hydrogen-bond acceptors (Lipinski definition) is 1. The average Bonchev–Trinajstić information content (AvgIpc) is 2.96. The second-order valence-electron chi connectivity index (χ2n) is 5.30. The van der Waals surface area contributed by atoms with Crippen molar-refractivity contribution in [3.63, 3.8) is 0 Å². The molecule has 4 heteroatoms. The van der Waals surface area contributed by atoms with E-state index in [4.69, 9.17) is 7.85 Å². The molecule has 0 atom stereocenters. The quantitative estimate of drug-likeness (QED) is 0.717. The molecule has 1 saturated carbocycles. The molecule has 0 unspecified atom stereocenters. The van der Waals surface area contributed by atoms with Crippen LogP contribution in [0.25, 0.3) is 10.9 Å². The van der Waals surface area contributed by atoms with Crippen molar-refractivity contribution in [2.24, 2.45) is 0 Å². The molecule has 2 radical (unpaired) electrons. The first-order chi connectivity index (χ1) is 9.13. The molecule has 0 amide bonds. The average molecular weight is 252 g/mol. The minimum atomic E-state index is -0.285. The normalized spacial score (nSPS) is 16.1. The van der Waals surface area contributed by atoms with Crippen LogP contribution in [0, 0.1) is 24.1 Å². The highest BCUT2D eigenvalue weighted by molar-refractivity contribution is 6.34. The van der Waals surface area contributed by atoms with Crippen LogP contribution >= 0.6 is 0 Å². The molecule has 1 aromatic carbocycles. The summed E-state index contributed by atoms with van der Waals surface area (Å²) < 4.78 is 15.8. The highest BCUT2D eigenvalue weighted by Gasteiger charge is 2.23. The SMILES string of the molecule is [B]c1c(C#N)c2cc(F)c(C)cc2n1C1CCCC1. The van der Waals surface area contributed by atoms with Crippen LogP contribution in [-0.4, -0.2) is 12.4 Å². The van der Waals surface area contributed by atoms with E-state index in [0.29, 0.717) is 28.1 Å². The summed E-state index contributed by atoms with van der Waals surface area (Å²) in [6, 6.07) is 5.70. The fraction of sp³-hybridized carbons (Fsp3) is 0.400. The first-order valence-corrected chi connectivity index (χ1v) is 6.63. The predicted octanol–water partition coefficient (Wildman–Crippen LogP) is 2.87. The summed E-state index contributed by atoms with van der Waals surface area (Å²) in [6.07, 6.45) is 4.53. The summed E-state index contributed by atoms with van der Waals surface area (Å²) in [7, 11) is 6.12. The monoisotopic (exact) mass is 252 g/mol. The lowest BCUT2D eigenvalue weighted by molar-refractivity contribution is 0.545. The molecule has 1 aliphatic rings. The molecule has 1 fully saturated rings. The molecule has 19 heavy (non-hydrogen) atoms. The molecule has 0 N–H and O–H groups in total. The van der Waals surface area contributed by atoms with Crippen molar-refractivity contribution in [3.05, 3.63) is 29.1 Å². The van der Waals surface area contributed by atoms with Crippen molar-refractivity contribution in [1.29, 1.82) is 5.26 Å². The second-order valence-corrected chi connectivity index (χ2v) is 5.30. The summed E-state index contributed by atoms with van der Waals surface area (Å²) in [4.78, 5) is 0. The van der Waals surface area contributed by atoms with Gasteiger partial charge in [0.25, 0.3) is 0 Å². The smallest absolute Gasteiger partial charge is 0.140 e. The Balaban J connectivity index is 2.34. The number of aryl methyl sites for hydroxylation is 1. The lowest BCUT2D eigenvalue weighted by Crippen LogP contribution is -2.22. The molecule has 2 aromatic rings. The number of hydrogen-bond donors (Lipinski definition) is 0. The first kappa shape index (κ1) is 12.3. The van der Waals surface area contributed by atoms with Crippen LogP contribution in [0.1, 0.15) is 42.9 Å². The zero-order chi connectivity index (χ0) is 13.6. The fourth-order valence-electron chi connectivity index (χ4n) is 3.13. The van der Waals surface area contributed by atoms with Crippen molar-refractivity contribution in [2.45, 2.75) is 38.6 Å². The summed E-state index contributed by atoms with van der Waals surface area (Å²) in [6.45, 7) is 1.74. The molecule has 1 heterocycles. The maximum atomic E-state index is 13.7. The largest absolute Gasteiger partial charge is 0.350 e. The van der Waals surface area contributed by atoms with E-state index in [-0.39, 0.29) is 5.82 Å². The van der Waals surface area contributed by atoms with E-state index in [9.17, 15) is 9.65 Å². The van der Waals surface area contributed by atoms with E-state index in [0.717, 1.165) is 18.4 Å². The van der Waals surface area contributed by atoms with Crippen molar-refractivity contribution < 1.29 is 4.39 Å². The Kier molecular flexibility index (Phi) is 2.85. The van der Waals surface area contributed by atoms with Gasteiger partial charge in [0.05, 0.1) is 5.56 Å². The summed E-state index contributed by atoms with van der Waals surface area (Å²) >= 11 is 0. The standard InChI is InChI=1S/C15H14BFN2/c1-9-6-14-11(7-13(9)17)12(8-18)15(16)19(14)10-4-2-3-5-10/h6-7,10H,2-5H2,1H3. The third kappa shape index (κ3) is 1.76. The van der Waals surface area contributed by atoms with Crippen molar-refractivity contribution in [3.8, 4) is 6.07 Å². The van der Waals surface area contributed by atoms with Gasteiger partial charge in [-0.15, -0.1) is 0 Å². The third-order valence-electron chi connectivity index (χ3n) is 4.12. The highest BCUT2D eigenvalue weighted by Crippen LogP contribution is 2.33. The summed E-state index contributed by atoms with van der Waals surface area (Å²) in [5, 5.41) is 9.90. The number of benzene rings is 1. The van der Waals surface area contributed by atoms with Crippen LogP contribution in [0.3, 0.4) is 0 Å². The Bertz CT molecular complexity index is 690. The van der Waals surface area contributed by atoms with Gasteiger partial charge in [0.1, 0.15) is 19.7 Å². The molecule has 1 aromatic heterocycles. The number of aromatic nitrogens is 1. The van der Waals surface area contributed by atoms with Gasteiger partial charge in [0.15, 0.2) is 0 Å². The van der Waals surface area contributed by atoms with Crippen molar-refractivity contribution >= 4 is 24.3 Å². The zero-order valence-corrected chi connectivity index (χ0v) is 10.9. The van der Waals surface area contributed by atoms with Gasteiger partial charge in [-0.1, -0.05) is 12.8 Å². The first-order valence-electron chi connectivity index (χ1n) is 6.63. The number of fused-ring (bicyclic) bond motifs is 1. The number of rotatable bonds is 1. The van der Waals surface area contributed by atoms with E-state index >= 15 is 0 Å². The van der Waals surface area contributed by atoms with Gasteiger partial charge >= 0.3 is 0 Å². The lowest BCUT2D eigenvalue weighted by Gasteiger charge is -2.16. The van der Waals surface area contributed by atoms with Gasteiger partial charge < -0.3 is 4.57 Å². The van der Waals surface area contributed by atoms with Crippen LogP contribution in [0.4, 0.5) is 4.39 Å². The van der Waals surface area contributed by atoms with Crippen LogP contribution in [-0.2, 0) is 0 Å². The summed E-state index contributed by atoms with van der Waals surface area (Å²) in [5.74, 6) is -0.285. The Labute approximate surface area is 113 Å². The maximum absolute atomic E-state index is 13.7. The topological polar surface area (TPSA) is 28.7 Å². The maximum Gasteiger partial charge on any atom is 0.140 e. The van der Waals surface area contributed by atoms with Gasteiger partial charge in [0.2, 0.25) is 0 Å². The molecule has 0 saturated heterocycles. The number of nitriles is 1. The van der Waals surface area contributed by atoms with Crippen molar-refractivity contribution in [2.75, 3.05) is 0 Å². The van der Waals surface area contributed by atoms with Gasteiger partial charge in [-0.25, -0.2) is 4.39 Å². The predicted molar refractivity (Wildman–Crippen MR) is 74.2 cm³/mol. The molecule has 0 spiro atoms. The minimum Gasteiger partial charge on any atom is -0.350 e. The van der Waals surface area contributed by atoms with Crippen molar-refractivity contribution in [1.82, 2.24) is 4.57 Å². The number of halogens is 1. The molecule has 94 valence electrons. The second kappa shape index (κ2) is 4.41. The molecule has 1 aliphatic carbocycles. The van der Waals surface area contributed by atoms with Crippen LogP contribution in [0.15, 0.2) is 12.1 Å². The highest BCUT2D eigenvalue weighted by atomic mass is 19.1. The Morgan fingerprint density at radius 1 is 1.37 bits per heavy atom. The van der Waals surface area contributed by atoms with Gasteiger partial charge in [-0.2, -0.15) is 5.26 Å². The Morgan fingerprint density at radius 2 is 2.05 bits per heavy atom. The van der Waals surface area contributed by atoms with Gasteiger partial charge in [-0.05, 0) is 43.1 Å². The van der Waals surface area contributed by atoms with Crippen LogP contribution in [0.5, 0.6) is 0 Å². The minimum absolute atomic E-state index is 0.285. The molecule has 3 rings (SSSR count). The molecule has 2 nitrogen and oxygen atoms in total. The molecule has 0 aliphatic heterocycles. The summed E-state index contributed by atoms with van der Waals surface area (Å²) in [5.41, 5.74) is 2.36. The van der Waals surface area contributed by atoms with Gasteiger partial charge in [-0.3, -0.25) is 0 Å². The fourth-order valence-corrected chi connectivity index (χ4v) is 3.13. The zero-order valence-electron chi connectivity index (χ0n) is 10.9. The lowest BCUT2D eigenvalue weighted by atomic mass is 9.97. The van der Waals surface area contributed by atoms with E-state index in [1.54, 1.807) is 13.0 Å². The number of nitrogens with zero attached hydrogens (tertiary/aromatic N) is 2. The third-order valence-corrected chi connectivity index (χ3v) is 4.12. The van der Waals surface area contributed by atoms with E-state index in [2.05, 4.69) is 6.07 Å². The van der Waals surface area contributed by atoms with Gasteiger partial charge in [0, 0.05) is 16.9 Å².